The minimum absolute atomic E-state index is 0.0216. The zero-order valence-corrected chi connectivity index (χ0v) is 23.1. The topological polar surface area (TPSA) is 126 Å². The van der Waals surface area contributed by atoms with Crippen LogP contribution in [0.2, 0.25) is 0 Å². The molecule has 1 saturated heterocycles. The Bertz CT molecular complexity index is 1380. The van der Waals surface area contributed by atoms with Crippen molar-refractivity contribution in [1.29, 1.82) is 0 Å². The molecule has 6 rings (SSSR count). The maximum Gasteiger partial charge on any atom is 0.326 e. The van der Waals surface area contributed by atoms with Crippen molar-refractivity contribution in [3.63, 3.8) is 0 Å². The number of nitrogens with one attached hydrogen (secondary N) is 1. The third-order valence-corrected chi connectivity index (χ3v) is 11.4. The van der Waals surface area contributed by atoms with Gasteiger partial charge in [-0.05, 0) is 54.2 Å². The molecule has 202 valence electrons. The van der Waals surface area contributed by atoms with Gasteiger partial charge in [-0.2, -0.15) is 0 Å². The summed E-state index contributed by atoms with van der Waals surface area (Å²) in [4.78, 5) is 57.0. The van der Waals surface area contributed by atoms with Crippen LogP contribution in [0.15, 0.2) is 28.0 Å². The highest BCUT2D eigenvalue weighted by atomic mass is 32.2. The molecule has 0 radical (unpaired) electrons. The maximum absolute atomic E-state index is 13.8. The van der Waals surface area contributed by atoms with E-state index in [4.69, 9.17) is 9.47 Å². The minimum Gasteiger partial charge on any atom is -0.493 e. The number of imide groups is 1. The summed E-state index contributed by atoms with van der Waals surface area (Å²) < 4.78 is 11.0. The number of hydrogen-bond acceptors (Lipinski definition) is 8. The molecule has 0 spiro atoms. The first-order valence-corrected chi connectivity index (χ1v) is 14.6. The van der Waals surface area contributed by atoms with Crippen molar-refractivity contribution in [2.24, 2.45) is 35.5 Å². The summed E-state index contributed by atoms with van der Waals surface area (Å²) in [5.41, 5.74) is 0.968. The van der Waals surface area contributed by atoms with Crippen LogP contribution in [-0.2, 0) is 14.4 Å². The normalized spacial score (nSPS) is 31.8. The average molecular weight is 559 g/mol. The molecule has 1 aromatic heterocycles. The minimum atomic E-state index is -1.14. The summed E-state index contributed by atoms with van der Waals surface area (Å²) in [6.07, 6.45) is 0.976. The standard InChI is InChI=1S/C27H30N2O7S2/c1-10(2)7-14(26(32)33)29-24(30)19-12-9-13(20(19)25(29)31)21-18(12)17(22-23(37-21)28-27(34)38-22)11-5-6-15(35-3)16(8-11)36-4/h5-6,8,10,12-14,17-21H,7,9H2,1-4H3,(H,28,34)(H,32,33)/t12-,13+,14-,17+,18+,19-,20+,21-/m1/s1. The van der Waals surface area contributed by atoms with Gasteiger partial charge in [-0.3, -0.25) is 19.3 Å². The van der Waals surface area contributed by atoms with Crippen molar-refractivity contribution in [2.45, 2.75) is 48.9 Å². The van der Waals surface area contributed by atoms with Gasteiger partial charge in [-0.1, -0.05) is 31.3 Å². The lowest BCUT2D eigenvalue weighted by Crippen LogP contribution is -2.47. The fourth-order valence-corrected chi connectivity index (χ4v) is 10.4. The van der Waals surface area contributed by atoms with Crippen LogP contribution in [0.5, 0.6) is 11.5 Å². The summed E-state index contributed by atoms with van der Waals surface area (Å²) in [6.45, 7) is 3.78. The van der Waals surface area contributed by atoms with Crippen LogP contribution in [0, 0.1) is 35.5 Å². The number of aromatic amines is 1. The smallest absolute Gasteiger partial charge is 0.326 e. The fourth-order valence-electron chi connectivity index (χ4n) is 7.53. The number of thiazole rings is 1. The number of methoxy groups -OCH3 is 2. The van der Waals surface area contributed by atoms with Gasteiger partial charge in [-0.25, -0.2) is 4.79 Å². The third-order valence-electron chi connectivity index (χ3n) is 8.82. The van der Waals surface area contributed by atoms with Crippen molar-refractivity contribution >= 4 is 40.9 Å². The molecule has 38 heavy (non-hydrogen) atoms. The Morgan fingerprint density at radius 1 is 1.11 bits per heavy atom. The molecule has 4 aliphatic rings. The summed E-state index contributed by atoms with van der Waals surface area (Å²) >= 11 is 2.80. The Hall–Kier alpha value is -2.79. The van der Waals surface area contributed by atoms with E-state index in [2.05, 4.69) is 4.98 Å². The van der Waals surface area contributed by atoms with Crippen molar-refractivity contribution in [1.82, 2.24) is 9.88 Å². The van der Waals surface area contributed by atoms with Gasteiger partial charge in [0.1, 0.15) is 6.04 Å². The van der Waals surface area contributed by atoms with E-state index in [0.29, 0.717) is 11.5 Å². The summed E-state index contributed by atoms with van der Waals surface area (Å²) in [5, 5.41) is 10.8. The van der Waals surface area contributed by atoms with Crippen LogP contribution < -0.4 is 14.3 Å². The van der Waals surface area contributed by atoms with E-state index < -0.39 is 23.8 Å². The molecule has 8 atom stereocenters. The highest BCUT2D eigenvalue weighted by Gasteiger charge is 2.70. The second-order valence-corrected chi connectivity index (χ2v) is 13.3. The zero-order valence-electron chi connectivity index (χ0n) is 21.5. The maximum atomic E-state index is 13.8. The predicted octanol–water partition coefficient (Wildman–Crippen LogP) is 3.43. The van der Waals surface area contributed by atoms with Gasteiger partial charge in [0.2, 0.25) is 11.8 Å². The number of fused-ring (bicyclic) bond motifs is 9. The number of aromatic nitrogens is 1. The van der Waals surface area contributed by atoms with Crippen LogP contribution in [-0.4, -0.2) is 58.3 Å². The summed E-state index contributed by atoms with van der Waals surface area (Å²) in [5.74, 6) is -1.92. The van der Waals surface area contributed by atoms with Crippen molar-refractivity contribution in [3.05, 3.63) is 38.3 Å². The molecule has 2 N–H and O–H groups in total. The highest BCUT2D eigenvalue weighted by Crippen LogP contribution is 2.68. The monoisotopic (exact) mass is 558 g/mol. The van der Waals surface area contributed by atoms with Crippen LogP contribution in [0.3, 0.4) is 0 Å². The second kappa shape index (κ2) is 9.15. The molecular formula is C27H30N2O7S2. The van der Waals surface area contributed by atoms with Gasteiger partial charge in [0.25, 0.3) is 0 Å². The number of aliphatic carboxylic acids is 1. The molecule has 2 saturated carbocycles. The van der Waals surface area contributed by atoms with Gasteiger partial charge in [0.05, 0.1) is 31.1 Å². The number of thioether (sulfide) groups is 1. The molecule has 2 amide bonds. The molecule has 2 aromatic rings. The number of carbonyl (C=O) groups excluding carboxylic acids is 2. The zero-order chi connectivity index (χ0) is 27.0. The van der Waals surface area contributed by atoms with E-state index in [0.717, 1.165) is 26.8 Å². The Balaban J connectivity index is 1.43. The fraction of sp³-hybridized carbons (Fsp3) is 0.556. The van der Waals surface area contributed by atoms with E-state index in [1.54, 1.807) is 26.0 Å². The summed E-state index contributed by atoms with van der Waals surface area (Å²) in [7, 11) is 3.16. The number of rotatable bonds is 7. The molecule has 2 aliphatic carbocycles. The molecule has 11 heteroatoms. The van der Waals surface area contributed by atoms with E-state index in [1.165, 1.54) is 11.3 Å². The van der Waals surface area contributed by atoms with E-state index in [9.17, 15) is 24.3 Å². The Labute approximate surface area is 227 Å². The highest BCUT2D eigenvalue weighted by molar-refractivity contribution is 8.00. The number of benzene rings is 1. The second-order valence-electron chi connectivity index (χ2n) is 11.1. The molecule has 2 aliphatic heterocycles. The molecule has 3 fully saturated rings. The Kier molecular flexibility index (Phi) is 6.14. The van der Waals surface area contributed by atoms with E-state index >= 15 is 0 Å². The van der Waals surface area contributed by atoms with Gasteiger partial charge >= 0.3 is 10.8 Å². The molecule has 0 unspecified atom stereocenters. The quantitative estimate of drug-likeness (QED) is 0.495. The van der Waals surface area contributed by atoms with Crippen molar-refractivity contribution in [3.8, 4) is 11.5 Å². The number of nitrogens with zero attached hydrogens (tertiary/aromatic N) is 1. The number of carboxylic acid groups (broad SMARTS) is 1. The number of H-pyrrole nitrogens is 1. The van der Waals surface area contributed by atoms with Gasteiger partial charge in [0.15, 0.2) is 11.5 Å². The number of ether oxygens (including phenoxy) is 2. The van der Waals surface area contributed by atoms with Gasteiger partial charge < -0.3 is 19.6 Å². The number of likely N-dealkylation sites (tertiary alicyclic amines) is 1. The molecule has 9 nitrogen and oxygen atoms in total. The number of hydrogen-bond donors (Lipinski definition) is 2. The van der Waals surface area contributed by atoms with Crippen LogP contribution in [0.1, 0.15) is 43.0 Å². The lowest BCUT2D eigenvalue weighted by Gasteiger charge is -2.43. The van der Waals surface area contributed by atoms with E-state index in [-0.39, 0.29) is 57.9 Å². The van der Waals surface area contributed by atoms with E-state index in [1.807, 2.05) is 32.0 Å². The first kappa shape index (κ1) is 25.5. The molecule has 2 bridgehead atoms. The third kappa shape index (κ3) is 3.57. The Morgan fingerprint density at radius 2 is 1.79 bits per heavy atom. The first-order valence-electron chi connectivity index (χ1n) is 12.9. The largest absolute Gasteiger partial charge is 0.493 e. The number of amides is 2. The molecular weight excluding hydrogens is 528 g/mol. The SMILES string of the molecule is COc1ccc([C@@H]2c3sc(=O)[nH]c3S[C@@H]3[C@H]4C[C@@H]([C@H]5C(=O)N([C@H](CC(C)C)C(=O)O)C(=O)[C@@H]45)[C@@H]23)cc1OC. The van der Waals surface area contributed by atoms with Crippen LogP contribution >= 0.6 is 23.1 Å². The van der Waals surface area contributed by atoms with Crippen molar-refractivity contribution in [2.75, 3.05) is 14.2 Å². The number of carboxylic acids is 1. The summed E-state index contributed by atoms with van der Waals surface area (Å²) in [6, 6.07) is 4.62. The average Bonchev–Trinajstić information content (AvgIpc) is 3.61. The first-order chi connectivity index (χ1) is 18.2. The van der Waals surface area contributed by atoms with Gasteiger partial charge in [-0.15, -0.1) is 11.8 Å². The van der Waals surface area contributed by atoms with Crippen LogP contribution in [0.25, 0.3) is 0 Å². The predicted molar refractivity (Wildman–Crippen MR) is 141 cm³/mol. The van der Waals surface area contributed by atoms with Crippen LogP contribution in [0.4, 0.5) is 0 Å². The lowest BCUT2D eigenvalue weighted by atomic mass is 9.68. The van der Waals surface area contributed by atoms with Crippen molar-refractivity contribution < 1.29 is 29.0 Å². The molecule has 1 aromatic carbocycles. The molecule has 3 heterocycles. The van der Waals surface area contributed by atoms with Gasteiger partial charge in [0, 0.05) is 16.0 Å². The lowest BCUT2D eigenvalue weighted by molar-refractivity contribution is -0.156. The number of carbonyl (C=O) groups is 3. The Morgan fingerprint density at radius 3 is 2.42 bits per heavy atom.